The Morgan fingerprint density at radius 1 is 1.11 bits per heavy atom. The molecular formula is C17H17NS. The Kier molecular flexibility index (Phi) is 2.68. The van der Waals surface area contributed by atoms with Gasteiger partial charge in [-0.3, -0.25) is 4.90 Å². The molecule has 0 fully saturated rings. The molecule has 2 aliphatic rings. The average molecular weight is 267 g/mol. The molecule has 1 unspecified atom stereocenters. The third-order valence-electron chi connectivity index (χ3n) is 4.15. The molecule has 2 aromatic carbocycles. The molecule has 0 N–H and O–H groups in total. The summed E-state index contributed by atoms with van der Waals surface area (Å²) in [7, 11) is 0. The fourth-order valence-corrected chi connectivity index (χ4v) is 4.51. The second kappa shape index (κ2) is 4.39. The molecule has 1 atom stereocenters. The summed E-state index contributed by atoms with van der Waals surface area (Å²) in [6.45, 7) is 4.47. The molecule has 0 spiro atoms. The zero-order valence-electron chi connectivity index (χ0n) is 11.1. The highest BCUT2D eigenvalue weighted by molar-refractivity contribution is 7.99. The number of thioether (sulfide) groups is 1. The monoisotopic (exact) mass is 267 g/mol. The molecule has 0 saturated carbocycles. The molecule has 19 heavy (non-hydrogen) atoms. The predicted molar refractivity (Wildman–Crippen MR) is 80.3 cm³/mol. The van der Waals surface area contributed by atoms with Gasteiger partial charge in [0.2, 0.25) is 0 Å². The first-order valence-electron chi connectivity index (χ1n) is 6.89. The minimum absolute atomic E-state index is 0.514. The van der Waals surface area contributed by atoms with Crippen LogP contribution >= 0.6 is 11.8 Å². The van der Waals surface area contributed by atoms with E-state index < -0.39 is 0 Å². The molecule has 2 aromatic rings. The van der Waals surface area contributed by atoms with Gasteiger partial charge in [0.05, 0.1) is 5.37 Å². The van der Waals surface area contributed by atoms with Gasteiger partial charge in [0, 0.05) is 18.0 Å². The Bertz CT molecular complexity index is 635. The van der Waals surface area contributed by atoms with Crippen molar-refractivity contribution in [1.29, 1.82) is 0 Å². The van der Waals surface area contributed by atoms with E-state index in [9.17, 15) is 0 Å². The fraction of sp³-hybridized carbons (Fsp3) is 0.294. The topological polar surface area (TPSA) is 3.24 Å². The van der Waals surface area contributed by atoms with E-state index in [1.54, 1.807) is 0 Å². The summed E-state index contributed by atoms with van der Waals surface area (Å²) >= 11 is 2.02. The van der Waals surface area contributed by atoms with Crippen molar-refractivity contribution in [3.63, 3.8) is 0 Å². The van der Waals surface area contributed by atoms with Crippen molar-refractivity contribution in [3.05, 3.63) is 64.7 Å². The molecule has 2 aliphatic heterocycles. The number of rotatable bonds is 0. The van der Waals surface area contributed by atoms with Gasteiger partial charge in [-0.05, 0) is 36.1 Å². The van der Waals surface area contributed by atoms with Crippen LogP contribution in [0.4, 0.5) is 0 Å². The predicted octanol–water partition coefficient (Wildman–Crippen LogP) is 4.16. The molecule has 0 radical (unpaired) electrons. The second-order valence-electron chi connectivity index (χ2n) is 5.50. The molecule has 2 heteroatoms. The van der Waals surface area contributed by atoms with E-state index in [1.165, 1.54) is 40.1 Å². The van der Waals surface area contributed by atoms with Crippen LogP contribution in [-0.4, -0.2) is 11.4 Å². The number of nitrogens with zero attached hydrogens (tertiary/aromatic N) is 1. The lowest BCUT2D eigenvalue weighted by atomic mass is 9.98. The van der Waals surface area contributed by atoms with Gasteiger partial charge < -0.3 is 0 Å². The van der Waals surface area contributed by atoms with Gasteiger partial charge in [-0.15, -0.1) is 11.8 Å². The molecule has 0 aliphatic carbocycles. The first-order chi connectivity index (χ1) is 9.31. The van der Waals surface area contributed by atoms with Crippen molar-refractivity contribution in [3.8, 4) is 0 Å². The molecule has 1 nitrogen and oxygen atoms in total. The van der Waals surface area contributed by atoms with Gasteiger partial charge in [0.25, 0.3) is 0 Å². The maximum atomic E-state index is 2.62. The Hall–Kier alpha value is -1.25. The lowest BCUT2D eigenvalue weighted by molar-refractivity contribution is 0.230. The van der Waals surface area contributed by atoms with Gasteiger partial charge in [-0.25, -0.2) is 0 Å². The summed E-state index contributed by atoms with van der Waals surface area (Å²) in [6, 6.07) is 15.8. The van der Waals surface area contributed by atoms with Crippen molar-refractivity contribution >= 4 is 11.8 Å². The van der Waals surface area contributed by atoms with Crippen molar-refractivity contribution in [2.24, 2.45) is 0 Å². The first kappa shape index (κ1) is 11.6. The summed E-state index contributed by atoms with van der Waals surface area (Å²) in [5.41, 5.74) is 5.92. The van der Waals surface area contributed by atoms with E-state index in [1.807, 2.05) is 11.8 Å². The molecular weight excluding hydrogens is 250 g/mol. The normalized spacial score (nSPS) is 21.4. The van der Waals surface area contributed by atoms with Crippen LogP contribution < -0.4 is 0 Å². The Balaban J connectivity index is 1.77. The van der Waals surface area contributed by atoms with E-state index in [2.05, 4.69) is 54.3 Å². The highest BCUT2D eigenvalue weighted by atomic mass is 32.2. The number of aryl methyl sites for hydroxylation is 1. The zero-order valence-corrected chi connectivity index (χ0v) is 11.9. The van der Waals surface area contributed by atoms with Crippen molar-refractivity contribution < 1.29 is 0 Å². The Labute approximate surface area is 118 Å². The van der Waals surface area contributed by atoms with Gasteiger partial charge in [-0.1, -0.05) is 42.0 Å². The van der Waals surface area contributed by atoms with Crippen LogP contribution in [0.5, 0.6) is 0 Å². The minimum atomic E-state index is 0.514. The van der Waals surface area contributed by atoms with Crippen LogP contribution in [0.1, 0.15) is 27.6 Å². The van der Waals surface area contributed by atoms with E-state index in [-0.39, 0.29) is 0 Å². The maximum Gasteiger partial charge on any atom is 0.0866 e. The Morgan fingerprint density at radius 3 is 2.95 bits per heavy atom. The third kappa shape index (κ3) is 1.90. The number of hydrogen-bond acceptors (Lipinski definition) is 2. The van der Waals surface area contributed by atoms with E-state index in [0.29, 0.717) is 5.37 Å². The van der Waals surface area contributed by atoms with Gasteiger partial charge in [-0.2, -0.15) is 0 Å². The fourth-order valence-electron chi connectivity index (χ4n) is 3.17. The quantitative estimate of drug-likeness (QED) is 0.705. The second-order valence-corrected chi connectivity index (χ2v) is 6.62. The number of fused-ring (bicyclic) bond motifs is 4. The van der Waals surface area contributed by atoms with Crippen LogP contribution in [0.15, 0.2) is 47.4 Å². The van der Waals surface area contributed by atoms with Crippen molar-refractivity contribution in [1.82, 2.24) is 4.90 Å². The molecule has 2 heterocycles. The molecule has 4 rings (SSSR count). The van der Waals surface area contributed by atoms with Crippen LogP contribution in [0, 0.1) is 6.92 Å². The first-order valence-corrected chi connectivity index (χ1v) is 7.77. The van der Waals surface area contributed by atoms with Gasteiger partial charge >= 0.3 is 0 Å². The SMILES string of the molecule is Cc1ccc2c(c1)CN1CCc3ccccc3C1S2. The molecule has 0 amide bonds. The maximum absolute atomic E-state index is 2.62. The highest BCUT2D eigenvalue weighted by Gasteiger charge is 2.32. The van der Waals surface area contributed by atoms with Crippen LogP contribution in [0.2, 0.25) is 0 Å². The van der Waals surface area contributed by atoms with Gasteiger partial charge in [0.15, 0.2) is 0 Å². The largest absolute Gasteiger partial charge is 0.283 e. The standard InChI is InChI=1S/C17H17NS/c1-12-6-7-16-14(10-12)11-18-9-8-13-4-2-3-5-15(13)17(18)19-16/h2-7,10,17H,8-9,11H2,1H3. The molecule has 96 valence electrons. The zero-order chi connectivity index (χ0) is 12.8. The number of benzene rings is 2. The minimum Gasteiger partial charge on any atom is -0.283 e. The summed E-state index contributed by atoms with van der Waals surface area (Å²) in [5, 5.41) is 0.514. The van der Waals surface area contributed by atoms with Crippen molar-refractivity contribution in [2.45, 2.75) is 30.2 Å². The molecule has 0 saturated heterocycles. The van der Waals surface area contributed by atoms with Crippen LogP contribution in [-0.2, 0) is 13.0 Å². The summed E-state index contributed by atoms with van der Waals surface area (Å²) in [5.74, 6) is 0. The smallest absolute Gasteiger partial charge is 0.0866 e. The van der Waals surface area contributed by atoms with Crippen LogP contribution in [0.3, 0.4) is 0 Å². The van der Waals surface area contributed by atoms with Crippen LogP contribution in [0.25, 0.3) is 0 Å². The summed E-state index contributed by atoms with van der Waals surface area (Å²) in [6.07, 6.45) is 1.19. The Morgan fingerprint density at radius 2 is 2.00 bits per heavy atom. The third-order valence-corrected chi connectivity index (χ3v) is 5.58. The number of hydrogen-bond donors (Lipinski definition) is 0. The summed E-state index contributed by atoms with van der Waals surface area (Å²) in [4.78, 5) is 4.08. The van der Waals surface area contributed by atoms with Gasteiger partial charge in [0.1, 0.15) is 0 Å². The molecule has 0 bridgehead atoms. The molecule has 0 aromatic heterocycles. The average Bonchev–Trinajstić information content (AvgIpc) is 2.45. The van der Waals surface area contributed by atoms with E-state index in [4.69, 9.17) is 0 Å². The lowest BCUT2D eigenvalue weighted by Crippen LogP contribution is -2.35. The van der Waals surface area contributed by atoms with E-state index >= 15 is 0 Å². The highest BCUT2D eigenvalue weighted by Crippen LogP contribution is 2.47. The van der Waals surface area contributed by atoms with E-state index in [0.717, 1.165) is 6.54 Å². The summed E-state index contributed by atoms with van der Waals surface area (Å²) < 4.78 is 0. The lowest BCUT2D eigenvalue weighted by Gasteiger charge is -2.40. The van der Waals surface area contributed by atoms with Crippen molar-refractivity contribution in [2.75, 3.05) is 6.54 Å².